The van der Waals surface area contributed by atoms with Gasteiger partial charge in [0.25, 0.3) is 5.56 Å². The highest BCUT2D eigenvalue weighted by atomic mass is 19.4. The first-order valence-corrected chi connectivity index (χ1v) is 6.03. The second-order valence-corrected chi connectivity index (χ2v) is 4.93. The third-order valence-corrected chi connectivity index (χ3v) is 3.08. The summed E-state index contributed by atoms with van der Waals surface area (Å²) in [6, 6.07) is 2.24. The van der Waals surface area contributed by atoms with Gasteiger partial charge in [-0.2, -0.15) is 27.1 Å². The van der Waals surface area contributed by atoms with Crippen LogP contribution in [-0.2, 0) is 5.92 Å². The maximum Gasteiger partial charge on any atom is 0.458 e. The molecule has 2 aromatic rings. The first-order valence-electron chi connectivity index (χ1n) is 6.03. The van der Waals surface area contributed by atoms with Gasteiger partial charge in [0.05, 0.1) is 11.1 Å². The number of fused-ring (bicyclic) bond motifs is 1. The Kier molecular flexibility index (Phi) is 3.51. The Hall–Kier alpha value is -1.99. The number of alkyl halides is 5. The molecule has 0 bridgehead atoms. The topological polar surface area (TPSA) is 45.8 Å². The van der Waals surface area contributed by atoms with Gasteiger partial charge in [0.1, 0.15) is 0 Å². The highest BCUT2D eigenvalue weighted by Crippen LogP contribution is 2.44. The summed E-state index contributed by atoms with van der Waals surface area (Å²) >= 11 is 0. The molecule has 114 valence electrons. The molecule has 21 heavy (non-hydrogen) atoms. The summed E-state index contributed by atoms with van der Waals surface area (Å²) < 4.78 is 64.1. The zero-order valence-corrected chi connectivity index (χ0v) is 11.1. The maximum absolute atomic E-state index is 13.4. The molecule has 8 heteroatoms. The van der Waals surface area contributed by atoms with E-state index in [4.69, 9.17) is 0 Å². The Morgan fingerprint density at radius 1 is 1.10 bits per heavy atom. The van der Waals surface area contributed by atoms with E-state index >= 15 is 0 Å². The number of hydrogen-bond donors (Lipinski definition) is 1. The molecular weight excluding hydrogens is 295 g/mol. The van der Waals surface area contributed by atoms with Crippen LogP contribution in [0.5, 0.6) is 0 Å². The molecule has 0 amide bonds. The summed E-state index contributed by atoms with van der Waals surface area (Å²) in [6.07, 6.45) is -5.70. The van der Waals surface area contributed by atoms with Crippen LogP contribution >= 0.6 is 0 Å². The summed E-state index contributed by atoms with van der Waals surface area (Å²) in [5.74, 6) is -5.24. The van der Waals surface area contributed by atoms with Crippen LogP contribution in [0.3, 0.4) is 0 Å². The quantitative estimate of drug-likeness (QED) is 0.860. The molecule has 0 atom stereocenters. The van der Waals surface area contributed by atoms with E-state index in [-0.39, 0.29) is 22.4 Å². The van der Waals surface area contributed by atoms with Crippen molar-refractivity contribution in [3.63, 3.8) is 0 Å². The van der Waals surface area contributed by atoms with Gasteiger partial charge in [-0.3, -0.25) is 4.79 Å². The van der Waals surface area contributed by atoms with Crippen LogP contribution in [0.2, 0.25) is 0 Å². The van der Waals surface area contributed by atoms with Crippen LogP contribution in [0.1, 0.15) is 31.0 Å². The Morgan fingerprint density at radius 2 is 1.71 bits per heavy atom. The number of halogens is 5. The van der Waals surface area contributed by atoms with Gasteiger partial charge in [-0.25, -0.2) is 5.10 Å². The normalized spacial score (nSPS) is 13.1. The van der Waals surface area contributed by atoms with Crippen molar-refractivity contribution in [1.29, 1.82) is 0 Å². The number of H-pyrrole nitrogens is 1. The predicted octanol–water partition coefficient (Wildman–Crippen LogP) is 3.70. The lowest BCUT2D eigenvalue weighted by Crippen LogP contribution is -2.33. The smallest absolute Gasteiger partial charge is 0.267 e. The summed E-state index contributed by atoms with van der Waals surface area (Å²) in [4.78, 5) is 11.6. The van der Waals surface area contributed by atoms with Crippen LogP contribution in [0.15, 0.2) is 23.0 Å². The molecule has 0 radical (unpaired) electrons. The monoisotopic (exact) mass is 306 g/mol. The number of aromatic nitrogens is 2. The van der Waals surface area contributed by atoms with Crippen LogP contribution < -0.4 is 5.56 Å². The molecule has 0 saturated carbocycles. The molecule has 0 aliphatic heterocycles. The Bertz CT molecular complexity index is 733. The third-order valence-electron chi connectivity index (χ3n) is 3.08. The highest BCUT2D eigenvalue weighted by molar-refractivity contribution is 5.84. The minimum absolute atomic E-state index is 0.00447. The van der Waals surface area contributed by atoms with E-state index in [1.807, 2.05) is 0 Å². The lowest BCUT2D eigenvalue weighted by atomic mass is 9.98. The van der Waals surface area contributed by atoms with E-state index in [2.05, 4.69) is 10.2 Å². The molecule has 0 aliphatic rings. The fraction of sp³-hybridized carbons (Fsp3) is 0.385. The summed E-state index contributed by atoms with van der Waals surface area (Å²) in [7, 11) is 0. The van der Waals surface area contributed by atoms with Gasteiger partial charge >= 0.3 is 12.1 Å². The van der Waals surface area contributed by atoms with E-state index in [0.717, 1.165) is 6.07 Å². The van der Waals surface area contributed by atoms with Crippen molar-refractivity contribution >= 4 is 10.8 Å². The van der Waals surface area contributed by atoms with E-state index in [1.54, 1.807) is 13.8 Å². The third kappa shape index (κ3) is 2.50. The Morgan fingerprint density at radius 3 is 2.24 bits per heavy atom. The van der Waals surface area contributed by atoms with Crippen molar-refractivity contribution in [1.82, 2.24) is 10.2 Å². The second-order valence-electron chi connectivity index (χ2n) is 4.93. The zero-order valence-electron chi connectivity index (χ0n) is 11.1. The van der Waals surface area contributed by atoms with Crippen LogP contribution in [-0.4, -0.2) is 16.4 Å². The molecule has 1 aromatic carbocycles. The maximum atomic E-state index is 13.4. The van der Waals surface area contributed by atoms with Crippen molar-refractivity contribution in [2.24, 2.45) is 0 Å². The standard InChI is InChI=1S/C13H11F5N2O/c1-6(2)10-9-5-7(12(14,15)13(16,17)18)3-4-8(9)11(21)20-19-10/h3-6H,1-2H3,(H,20,21). The fourth-order valence-electron chi connectivity index (χ4n) is 1.98. The van der Waals surface area contributed by atoms with E-state index in [0.29, 0.717) is 12.1 Å². The minimum atomic E-state index is -5.70. The van der Waals surface area contributed by atoms with Gasteiger partial charge in [-0.15, -0.1) is 0 Å². The largest absolute Gasteiger partial charge is 0.458 e. The summed E-state index contributed by atoms with van der Waals surface area (Å²) in [5.41, 5.74) is -1.60. The van der Waals surface area contributed by atoms with Crippen LogP contribution in [0.25, 0.3) is 10.8 Å². The minimum Gasteiger partial charge on any atom is -0.267 e. The molecule has 0 aliphatic carbocycles. The van der Waals surface area contributed by atoms with E-state index in [1.165, 1.54) is 0 Å². The number of rotatable bonds is 2. The molecule has 3 nitrogen and oxygen atoms in total. The Labute approximate surface area is 115 Å². The first kappa shape index (κ1) is 15.4. The number of aromatic amines is 1. The molecule has 1 N–H and O–H groups in total. The summed E-state index contributed by atoms with van der Waals surface area (Å²) in [5, 5.41) is 5.94. The van der Waals surface area contributed by atoms with Crippen LogP contribution in [0.4, 0.5) is 22.0 Å². The van der Waals surface area contributed by atoms with Crippen molar-refractivity contribution in [3.05, 3.63) is 39.8 Å². The average molecular weight is 306 g/mol. The SMILES string of the molecule is CC(C)c1n[nH]c(=O)c2ccc(C(F)(F)C(F)(F)F)cc12. The molecule has 1 heterocycles. The first-order chi connectivity index (χ1) is 9.55. The molecule has 1 aromatic heterocycles. The molecule has 0 saturated heterocycles. The van der Waals surface area contributed by atoms with Crippen molar-refractivity contribution < 1.29 is 22.0 Å². The van der Waals surface area contributed by atoms with Gasteiger partial charge < -0.3 is 0 Å². The predicted molar refractivity (Wildman–Crippen MR) is 66.4 cm³/mol. The van der Waals surface area contributed by atoms with Crippen molar-refractivity contribution in [3.8, 4) is 0 Å². The van der Waals surface area contributed by atoms with E-state index < -0.39 is 23.2 Å². The average Bonchev–Trinajstić information content (AvgIpc) is 2.37. The molecule has 0 fully saturated rings. The van der Waals surface area contributed by atoms with Gasteiger partial charge in [0, 0.05) is 10.9 Å². The van der Waals surface area contributed by atoms with Gasteiger partial charge in [-0.1, -0.05) is 19.9 Å². The van der Waals surface area contributed by atoms with E-state index in [9.17, 15) is 26.7 Å². The number of benzene rings is 1. The lowest BCUT2D eigenvalue weighted by molar-refractivity contribution is -0.289. The van der Waals surface area contributed by atoms with Gasteiger partial charge in [-0.05, 0) is 18.1 Å². The molecule has 2 rings (SSSR count). The molecular formula is C13H11F5N2O. The van der Waals surface area contributed by atoms with Crippen molar-refractivity contribution in [2.75, 3.05) is 0 Å². The number of nitrogens with one attached hydrogen (secondary N) is 1. The highest BCUT2D eigenvalue weighted by Gasteiger charge is 2.58. The molecule has 0 unspecified atom stereocenters. The second kappa shape index (κ2) is 4.78. The number of hydrogen-bond acceptors (Lipinski definition) is 2. The van der Waals surface area contributed by atoms with Crippen molar-refractivity contribution in [2.45, 2.75) is 31.9 Å². The lowest BCUT2D eigenvalue weighted by Gasteiger charge is -2.20. The van der Waals surface area contributed by atoms with Crippen LogP contribution in [0, 0.1) is 0 Å². The fourth-order valence-corrected chi connectivity index (χ4v) is 1.98. The zero-order chi connectivity index (χ0) is 16.0. The summed E-state index contributed by atoms with van der Waals surface area (Å²) in [6.45, 7) is 3.38. The Balaban J connectivity index is 2.77. The van der Waals surface area contributed by atoms with Gasteiger partial charge in [0.2, 0.25) is 0 Å². The molecule has 0 spiro atoms. The number of nitrogens with zero attached hydrogens (tertiary/aromatic N) is 1. The van der Waals surface area contributed by atoms with Gasteiger partial charge in [0.15, 0.2) is 0 Å².